The number of ketones is 1. The second-order valence-corrected chi connectivity index (χ2v) is 13.1. The smallest absolute Gasteiger partial charge is 0.325 e. The van der Waals surface area contributed by atoms with Gasteiger partial charge < -0.3 is 20.5 Å². The molecular weight excluding hydrogens is 472 g/mol. The van der Waals surface area contributed by atoms with Crippen molar-refractivity contribution in [2.24, 2.45) is 34.0 Å². The predicted octanol–water partition coefficient (Wildman–Crippen LogP) is 4.69. The van der Waals surface area contributed by atoms with Gasteiger partial charge in [-0.05, 0) is 68.0 Å². The molecule has 4 fully saturated rings. The number of Topliss-reactive ketones (excluding diaryl/α,β-unsaturated/α-hetero) is 1. The molecule has 0 aromatic heterocycles. The van der Waals surface area contributed by atoms with Crippen molar-refractivity contribution in [1.29, 1.82) is 0 Å². The lowest BCUT2D eigenvalue weighted by molar-refractivity contribution is -0.206. The fraction of sp³-hybridized carbons (Fsp3) is 0.828. The van der Waals surface area contributed by atoms with Gasteiger partial charge in [-0.1, -0.05) is 53.0 Å². The maximum atomic E-state index is 13.5. The van der Waals surface area contributed by atoms with Crippen molar-refractivity contribution >= 4 is 29.1 Å². The molecule has 2 bridgehead atoms. The Balaban J connectivity index is 1.56. The fourth-order valence-electron chi connectivity index (χ4n) is 8.34. The van der Waals surface area contributed by atoms with Gasteiger partial charge in [-0.15, -0.1) is 6.58 Å². The Labute approximate surface area is 222 Å². The second kappa shape index (κ2) is 10.4. The highest BCUT2D eigenvalue weighted by atomic mass is 32.1. The lowest BCUT2D eigenvalue weighted by Crippen LogP contribution is -2.63. The topological polar surface area (TPSA) is 87.7 Å². The van der Waals surface area contributed by atoms with E-state index in [4.69, 9.17) is 17.0 Å². The Morgan fingerprint density at radius 1 is 1.19 bits per heavy atom. The van der Waals surface area contributed by atoms with Crippen LogP contribution >= 0.6 is 12.2 Å². The van der Waals surface area contributed by atoms with Gasteiger partial charge in [0.15, 0.2) is 5.11 Å². The molecule has 0 radical (unpaired) electrons. The molecule has 8 atom stereocenters. The molecule has 0 aromatic carbocycles. The highest BCUT2D eigenvalue weighted by Gasteiger charge is 2.68. The molecule has 4 aliphatic carbocycles. The van der Waals surface area contributed by atoms with E-state index < -0.39 is 23.0 Å². The van der Waals surface area contributed by atoms with Crippen LogP contribution < -0.4 is 10.6 Å². The van der Waals surface area contributed by atoms with Crippen LogP contribution in [0.3, 0.4) is 0 Å². The number of thiocarbonyl (C=S) groups is 1. The molecule has 0 spiro atoms. The highest BCUT2D eigenvalue weighted by Crippen LogP contribution is 2.67. The van der Waals surface area contributed by atoms with E-state index in [0.717, 1.165) is 32.1 Å². The van der Waals surface area contributed by atoms with Crippen LogP contribution in [0.25, 0.3) is 0 Å². The van der Waals surface area contributed by atoms with E-state index in [1.165, 1.54) is 19.3 Å². The van der Waals surface area contributed by atoms with Crippen molar-refractivity contribution in [1.82, 2.24) is 10.6 Å². The molecule has 3 N–H and O–H groups in total. The molecule has 0 aliphatic heterocycles. The maximum Gasteiger partial charge on any atom is 0.325 e. The van der Waals surface area contributed by atoms with E-state index in [1.54, 1.807) is 0 Å². The Hall–Kier alpha value is -1.47. The third-order valence-corrected chi connectivity index (χ3v) is 11.2. The van der Waals surface area contributed by atoms with E-state index in [0.29, 0.717) is 24.0 Å². The number of hydrogen-bond acceptors (Lipinski definition) is 5. The van der Waals surface area contributed by atoms with Gasteiger partial charge in [-0.2, -0.15) is 0 Å². The van der Waals surface area contributed by atoms with Gasteiger partial charge in [0.1, 0.15) is 18.4 Å². The van der Waals surface area contributed by atoms with E-state index in [1.807, 2.05) is 13.0 Å². The molecule has 0 aromatic rings. The van der Waals surface area contributed by atoms with Crippen molar-refractivity contribution in [3.05, 3.63) is 12.7 Å². The average molecular weight is 519 g/mol. The van der Waals surface area contributed by atoms with E-state index in [-0.39, 0.29) is 41.5 Å². The van der Waals surface area contributed by atoms with Crippen LogP contribution in [0.1, 0.15) is 91.9 Å². The van der Waals surface area contributed by atoms with Gasteiger partial charge in [-0.25, -0.2) is 0 Å². The molecule has 0 saturated heterocycles. The highest BCUT2D eigenvalue weighted by molar-refractivity contribution is 7.80. The Morgan fingerprint density at radius 2 is 1.89 bits per heavy atom. The summed E-state index contributed by atoms with van der Waals surface area (Å²) < 4.78 is 6.26. The van der Waals surface area contributed by atoms with Crippen molar-refractivity contribution in [2.75, 3.05) is 6.54 Å². The van der Waals surface area contributed by atoms with E-state index in [2.05, 4.69) is 38.0 Å². The fourth-order valence-corrected chi connectivity index (χ4v) is 8.58. The summed E-state index contributed by atoms with van der Waals surface area (Å²) in [6, 6.07) is 0.362. The third-order valence-electron chi connectivity index (χ3n) is 10.9. The number of carbonyl (C=O) groups excluding carboxylic acids is 2. The minimum Gasteiger partial charge on any atom is -0.460 e. The SMILES string of the molecule is C=C[C@]1(C)C[C@@H](OC(=O)CNC(=S)NC2CCCCC2)[C@]2(C)[C@H](C)CC[C@]3(CCC(=O)[C@H]32)[C@@H](C)[C@@H]1O. The van der Waals surface area contributed by atoms with Crippen LogP contribution in [0.4, 0.5) is 0 Å². The van der Waals surface area contributed by atoms with Crippen LogP contribution in [-0.4, -0.2) is 46.8 Å². The second-order valence-electron chi connectivity index (χ2n) is 12.7. The zero-order valence-corrected chi connectivity index (χ0v) is 23.4. The summed E-state index contributed by atoms with van der Waals surface area (Å²) in [6.45, 7) is 12.5. The summed E-state index contributed by atoms with van der Waals surface area (Å²) >= 11 is 5.45. The van der Waals surface area contributed by atoms with Crippen molar-refractivity contribution in [3.63, 3.8) is 0 Å². The first-order valence-electron chi connectivity index (χ1n) is 14.1. The van der Waals surface area contributed by atoms with Crippen LogP contribution in [0.2, 0.25) is 0 Å². The Morgan fingerprint density at radius 3 is 2.56 bits per heavy atom. The molecule has 4 aliphatic rings. The quantitative estimate of drug-likeness (QED) is 0.276. The zero-order valence-electron chi connectivity index (χ0n) is 22.6. The third kappa shape index (κ3) is 4.63. The normalized spacial score (nSPS) is 43.0. The first-order chi connectivity index (χ1) is 17.0. The lowest BCUT2D eigenvalue weighted by Gasteiger charge is -2.61. The van der Waals surface area contributed by atoms with Crippen LogP contribution in [0.15, 0.2) is 12.7 Å². The van der Waals surface area contributed by atoms with Gasteiger partial charge in [0, 0.05) is 29.2 Å². The first kappa shape index (κ1) is 27.6. The summed E-state index contributed by atoms with van der Waals surface area (Å²) in [5.74, 6) is -0.147. The molecule has 0 unspecified atom stereocenters. The van der Waals surface area contributed by atoms with Gasteiger partial charge in [0.05, 0.1) is 6.10 Å². The Kier molecular flexibility index (Phi) is 7.93. The van der Waals surface area contributed by atoms with Crippen LogP contribution in [0.5, 0.6) is 0 Å². The number of aliphatic hydroxyl groups is 1. The molecule has 4 saturated carbocycles. The van der Waals surface area contributed by atoms with E-state index in [9.17, 15) is 14.7 Å². The van der Waals surface area contributed by atoms with Gasteiger partial charge in [-0.3, -0.25) is 9.59 Å². The lowest BCUT2D eigenvalue weighted by atomic mass is 9.44. The summed E-state index contributed by atoms with van der Waals surface area (Å²) in [5, 5.41) is 18.5. The van der Waals surface area contributed by atoms with Crippen LogP contribution in [0, 0.1) is 34.0 Å². The van der Waals surface area contributed by atoms with Gasteiger partial charge in [0.25, 0.3) is 0 Å². The number of ether oxygens (including phenoxy) is 1. The van der Waals surface area contributed by atoms with Gasteiger partial charge in [0.2, 0.25) is 0 Å². The number of nitrogens with one attached hydrogen (secondary N) is 2. The number of rotatable bonds is 5. The number of esters is 1. The standard InChI is InChI=1S/C29H46N2O4S/c1-6-27(4)16-22(35-23(33)17-30-26(36)31-20-10-8-7-9-11-20)28(5)18(2)12-14-29(19(3)25(27)34)15-13-21(32)24(28)29/h6,18-20,22,24-25,34H,1,7-17H2,2-5H3,(H2,30,31,36)/t18-,19+,22-,24+,25+,27-,28+,29+/m1/s1. The Bertz CT molecular complexity index is 888. The summed E-state index contributed by atoms with van der Waals surface area (Å²) in [6.07, 6.45) is 10.2. The number of aliphatic hydroxyl groups excluding tert-OH is 1. The minimum atomic E-state index is -0.659. The monoisotopic (exact) mass is 518 g/mol. The first-order valence-corrected chi connectivity index (χ1v) is 14.5. The molecule has 0 heterocycles. The molecule has 36 heavy (non-hydrogen) atoms. The molecule has 7 heteroatoms. The molecule has 0 amide bonds. The molecule has 6 nitrogen and oxygen atoms in total. The van der Waals surface area contributed by atoms with Gasteiger partial charge >= 0.3 is 5.97 Å². The summed E-state index contributed by atoms with van der Waals surface area (Å²) in [5.41, 5.74) is -1.39. The van der Waals surface area contributed by atoms with Crippen molar-refractivity contribution < 1.29 is 19.4 Å². The molecule has 4 rings (SSSR count). The largest absolute Gasteiger partial charge is 0.460 e. The maximum absolute atomic E-state index is 13.5. The van der Waals surface area contributed by atoms with Crippen molar-refractivity contribution in [2.45, 2.75) is 110 Å². The summed E-state index contributed by atoms with van der Waals surface area (Å²) in [4.78, 5) is 26.7. The van der Waals surface area contributed by atoms with Crippen LogP contribution in [-0.2, 0) is 14.3 Å². The molecular formula is C29H46N2O4S. The predicted molar refractivity (Wildman–Crippen MR) is 145 cm³/mol. The zero-order chi connectivity index (χ0) is 26.3. The minimum absolute atomic E-state index is 0.0208. The number of carbonyl (C=O) groups is 2. The summed E-state index contributed by atoms with van der Waals surface area (Å²) in [7, 11) is 0. The van der Waals surface area contributed by atoms with E-state index >= 15 is 0 Å². The molecule has 202 valence electrons. The van der Waals surface area contributed by atoms with Crippen molar-refractivity contribution in [3.8, 4) is 0 Å². The number of hydrogen-bond donors (Lipinski definition) is 3. The average Bonchev–Trinajstić information content (AvgIpc) is 3.22.